The Balaban J connectivity index is 2.14. The lowest BCUT2D eigenvalue weighted by molar-refractivity contribution is 0.224. The van der Waals surface area contributed by atoms with Gasteiger partial charge in [-0.05, 0) is 55.8 Å². The van der Waals surface area contributed by atoms with Gasteiger partial charge in [0, 0.05) is 10.5 Å². The Morgan fingerprint density at radius 3 is 2.53 bits per heavy atom. The highest BCUT2D eigenvalue weighted by Gasteiger charge is 2.28. The third-order valence-corrected chi connectivity index (χ3v) is 5.75. The zero-order valence-electron chi connectivity index (χ0n) is 12.4. The second-order valence-electron chi connectivity index (χ2n) is 5.91. The summed E-state index contributed by atoms with van der Waals surface area (Å²) in [5, 5.41) is 3.57. The van der Waals surface area contributed by atoms with Crippen LogP contribution in [-0.4, -0.2) is 7.05 Å². The normalized spacial score (nSPS) is 25.3. The molecule has 1 unspecified atom stereocenters. The zero-order valence-corrected chi connectivity index (χ0v) is 14.0. The summed E-state index contributed by atoms with van der Waals surface area (Å²) in [7, 11) is 2.11. The molecule has 0 saturated heterocycles. The highest BCUT2D eigenvalue weighted by molar-refractivity contribution is 9.10. The minimum atomic E-state index is 0.510. The molecule has 1 saturated carbocycles. The molecule has 1 aliphatic rings. The first kappa shape index (κ1) is 15.1. The summed E-state index contributed by atoms with van der Waals surface area (Å²) in [4.78, 5) is 0. The minimum absolute atomic E-state index is 0.510. The summed E-state index contributed by atoms with van der Waals surface area (Å²) < 4.78 is 1.23. The molecule has 1 aromatic carbocycles. The van der Waals surface area contributed by atoms with Crippen LogP contribution < -0.4 is 5.32 Å². The molecule has 1 N–H and O–H groups in total. The fraction of sp³-hybridized carbons (Fsp3) is 0.647. The number of benzene rings is 1. The number of halogens is 1. The number of nitrogens with one attached hydrogen (secondary N) is 1. The first-order valence-electron chi connectivity index (χ1n) is 7.59. The van der Waals surface area contributed by atoms with Crippen molar-refractivity contribution in [3.05, 3.63) is 33.8 Å². The van der Waals surface area contributed by atoms with Crippen LogP contribution in [0.25, 0.3) is 0 Å². The summed E-state index contributed by atoms with van der Waals surface area (Å²) in [5.74, 6) is 1.76. The molecule has 0 aliphatic heterocycles. The molecule has 1 aromatic rings. The summed E-state index contributed by atoms with van der Waals surface area (Å²) in [5.41, 5.74) is 2.86. The quantitative estimate of drug-likeness (QED) is 0.799. The van der Waals surface area contributed by atoms with E-state index in [1.165, 1.54) is 47.7 Å². The molecule has 1 nitrogen and oxygen atoms in total. The van der Waals surface area contributed by atoms with Crippen LogP contribution in [-0.2, 0) is 0 Å². The molecule has 1 fully saturated rings. The molecular weight excluding hydrogens is 298 g/mol. The highest BCUT2D eigenvalue weighted by Crippen LogP contribution is 2.39. The van der Waals surface area contributed by atoms with Crippen molar-refractivity contribution in [2.45, 2.75) is 52.0 Å². The van der Waals surface area contributed by atoms with Gasteiger partial charge in [-0.2, -0.15) is 0 Å². The Bertz CT molecular complexity index is 408. The van der Waals surface area contributed by atoms with Gasteiger partial charge in [0.15, 0.2) is 0 Å². The van der Waals surface area contributed by atoms with Gasteiger partial charge in [0.1, 0.15) is 0 Å². The lowest BCUT2D eigenvalue weighted by Gasteiger charge is -2.34. The minimum Gasteiger partial charge on any atom is -0.313 e. The Hall–Kier alpha value is -0.340. The average Bonchev–Trinajstić information content (AvgIpc) is 2.45. The molecular formula is C17H26BrN. The monoisotopic (exact) mass is 323 g/mol. The van der Waals surface area contributed by atoms with Gasteiger partial charge in [-0.15, -0.1) is 0 Å². The Kier molecular flexibility index (Phi) is 5.47. The number of hydrogen-bond acceptors (Lipinski definition) is 1. The van der Waals surface area contributed by atoms with E-state index in [1.807, 2.05) is 0 Å². The van der Waals surface area contributed by atoms with Crippen molar-refractivity contribution in [3.8, 4) is 0 Å². The van der Waals surface area contributed by atoms with Crippen LogP contribution in [0.1, 0.15) is 56.2 Å². The predicted molar refractivity (Wildman–Crippen MR) is 86.4 cm³/mol. The van der Waals surface area contributed by atoms with Crippen LogP contribution in [0.5, 0.6) is 0 Å². The first-order chi connectivity index (χ1) is 9.17. The largest absolute Gasteiger partial charge is 0.313 e. The average molecular weight is 324 g/mol. The molecule has 1 aliphatic carbocycles. The first-order valence-corrected chi connectivity index (χ1v) is 8.39. The van der Waals surface area contributed by atoms with Gasteiger partial charge in [-0.3, -0.25) is 0 Å². The molecule has 0 amide bonds. The van der Waals surface area contributed by atoms with Crippen LogP contribution in [0.15, 0.2) is 22.7 Å². The Morgan fingerprint density at radius 1 is 1.26 bits per heavy atom. The van der Waals surface area contributed by atoms with Crippen molar-refractivity contribution >= 4 is 15.9 Å². The topological polar surface area (TPSA) is 12.0 Å². The number of hydrogen-bond donors (Lipinski definition) is 1. The van der Waals surface area contributed by atoms with Crippen LogP contribution in [0.4, 0.5) is 0 Å². The molecule has 0 spiro atoms. The molecule has 2 rings (SSSR count). The van der Waals surface area contributed by atoms with E-state index in [1.54, 1.807) is 0 Å². The lowest BCUT2D eigenvalue weighted by Crippen LogP contribution is -2.29. The van der Waals surface area contributed by atoms with Gasteiger partial charge in [-0.1, -0.05) is 54.2 Å². The van der Waals surface area contributed by atoms with Gasteiger partial charge in [0.25, 0.3) is 0 Å². The van der Waals surface area contributed by atoms with Crippen molar-refractivity contribution in [1.82, 2.24) is 5.32 Å². The zero-order chi connectivity index (χ0) is 13.8. The van der Waals surface area contributed by atoms with E-state index in [0.717, 1.165) is 11.8 Å². The third kappa shape index (κ3) is 3.41. The fourth-order valence-electron chi connectivity index (χ4n) is 3.54. The van der Waals surface area contributed by atoms with Crippen LogP contribution in [0, 0.1) is 18.8 Å². The fourth-order valence-corrected chi connectivity index (χ4v) is 3.92. The molecule has 0 heterocycles. The summed E-state index contributed by atoms with van der Waals surface area (Å²) >= 11 is 3.66. The maximum Gasteiger partial charge on any atom is 0.0349 e. The van der Waals surface area contributed by atoms with Crippen molar-refractivity contribution in [2.75, 3.05) is 7.05 Å². The predicted octanol–water partition coefficient (Wildman–Crippen LogP) is 5.23. The smallest absolute Gasteiger partial charge is 0.0349 e. The maximum absolute atomic E-state index is 3.66. The maximum atomic E-state index is 3.66. The van der Waals surface area contributed by atoms with Gasteiger partial charge in [0.2, 0.25) is 0 Å². The van der Waals surface area contributed by atoms with E-state index >= 15 is 0 Å². The van der Waals surface area contributed by atoms with Crippen LogP contribution in [0.2, 0.25) is 0 Å². The summed E-state index contributed by atoms with van der Waals surface area (Å²) in [6.45, 7) is 4.56. The Labute approximate surface area is 126 Å². The SMILES string of the molecule is CCC1CCC(C(NC)c2cccc(Br)c2C)CC1. The lowest BCUT2D eigenvalue weighted by atomic mass is 9.75. The van der Waals surface area contributed by atoms with Crippen LogP contribution >= 0.6 is 15.9 Å². The van der Waals surface area contributed by atoms with Gasteiger partial charge < -0.3 is 5.32 Å². The van der Waals surface area contributed by atoms with Gasteiger partial charge in [0.05, 0.1) is 0 Å². The van der Waals surface area contributed by atoms with Crippen molar-refractivity contribution in [3.63, 3.8) is 0 Å². The second-order valence-corrected chi connectivity index (χ2v) is 6.76. The van der Waals surface area contributed by atoms with E-state index in [0.29, 0.717) is 6.04 Å². The van der Waals surface area contributed by atoms with Gasteiger partial charge >= 0.3 is 0 Å². The summed E-state index contributed by atoms with van der Waals surface area (Å²) in [6.07, 6.45) is 6.91. The molecule has 0 aromatic heterocycles. The van der Waals surface area contributed by atoms with E-state index < -0.39 is 0 Å². The highest BCUT2D eigenvalue weighted by atomic mass is 79.9. The standard InChI is InChI=1S/C17H26BrN/c1-4-13-8-10-14(11-9-13)17(19-3)15-6-5-7-16(18)12(15)2/h5-7,13-14,17,19H,4,8-11H2,1-3H3. The van der Waals surface area contributed by atoms with E-state index in [4.69, 9.17) is 0 Å². The van der Waals surface area contributed by atoms with Crippen molar-refractivity contribution in [2.24, 2.45) is 11.8 Å². The molecule has 2 heteroatoms. The molecule has 1 atom stereocenters. The summed E-state index contributed by atoms with van der Waals surface area (Å²) in [6, 6.07) is 7.09. The molecule has 0 bridgehead atoms. The van der Waals surface area contributed by atoms with Crippen molar-refractivity contribution in [1.29, 1.82) is 0 Å². The van der Waals surface area contributed by atoms with E-state index in [-0.39, 0.29) is 0 Å². The van der Waals surface area contributed by atoms with Gasteiger partial charge in [-0.25, -0.2) is 0 Å². The van der Waals surface area contributed by atoms with Crippen LogP contribution in [0.3, 0.4) is 0 Å². The van der Waals surface area contributed by atoms with E-state index in [9.17, 15) is 0 Å². The van der Waals surface area contributed by atoms with E-state index in [2.05, 4.69) is 60.3 Å². The molecule has 106 valence electrons. The third-order valence-electron chi connectivity index (χ3n) is 4.90. The molecule has 0 radical (unpaired) electrons. The molecule has 19 heavy (non-hydrogen) atoms. The van der Waals surface area contributed by atoms with Crippen molar-refractivity contribution < 1.29 is 0 Å². The Morgan fingerprint density at radius 2 is 1.95 bits per heavy atom. The number of rotatable bonds is 4. The second kappa shape index (κ2) is 6.90.